The molecular formula is C10H11N3O2. The number of hydrazine groups is 1. The summed E-state index contributed by atoms with van der Waals surface area (Å²) in [5.74, 6) is -0.984. The summed E-state index contributed by atoms with van der Waals surface area (Å²) in [5, 5.41) is 0. The number of hydrogen-bond acceptors (Lipinski definition) is 3. The van der Waals surface area contributed by atoms with E-state index in [-0.39, 0.29) is 11.8 Å². The van der Waals surface area contributed by atoms with Crippen molar-refractivity contribution in [1.82, 2.24) is 10.9 Å². The van der Waals surface area contributed by atoms with Crippen LogP contribution in [0.15, 0.2) is 24.3 Å². The van der Waals surface area contributed by atoms with Crippen LogP contribution in [-0.2, 0) is 4.79 Å². The summed E-state index contributed by atoms with van der Waals surface area (Å²) in [6, 6.07) is 6.89. The van der Waals surface area contributed by atoms with Gasteiger partial charge in [0.1, 0.15) is 0 Å². The lowest BCUT2D eigenvalue weighted by atomic mass is 9.94. The quantitative estimate of drug-likeness (QED) is 0.608. The van der Waals surface area contributed by atoms with Crippen LogP contribution in [0.1, 0.15) is 21.8 Å². The van der Waals surface area contributed by atoms with E-state index < -0.39 is 5.91 Å². The summed E-state index contributed by atoms with van der Waals surface area (Å²) in [6.45, 7) is 0.475. The third kappa shape index (κ3) is 1.69. The van der Waals surface area contributed by atoms with Crippen molar-refractivity contribution in [2.24, 2.45) is 5.73 Å². The first kappa shape index (κ1) is 9.67. The summed E-state index contributed by atoms with van der Waals surface area (Å²) in [6.07, 6.45) is 0. The number of rotatable bonds is 2. The standard InChI is InChI=1S/C10H11N3O2/c11-9(14)7-4-2-1-3-6(7)8-5-12-13-10(8)15/h1-4,8,12H,5H2,(H2,11,14)(H,13,15). The second kappa shape index (κ2) is 3.70. The van der Waals surface area contributed by atoms with Crippen molar-refractivity contribution in [3.63, 3.8) is 0 Å². The number of benzene rings is 1. The first-order valence-electron chi connectivity index (χ1n) is 4.61. The molecule has 4 N–H and O–H groups in total. The zero-order valence-electron chi connectivity index (χ0n) is 7.99. The van der Waals surface area contributed by atoms with E-state index in [0.717, 1.165) is 0 Å². The monoisotopic (exact) mass is 205 g/mol. The molecule has 1 unspecified atom stereocenters. The second-order valence-electron chi connectivity index (χ2n) is 3.37. The fourth-order valence-electron chi connectivity index (χ4n) is 1.70. The minimum atomic E-state index is -0.509. The molecule has 1 aliphatic rings. The van der Waals surface area contributed by atoms with Crippen molar-refractivity contribution in [1.29, 1.82) is 0 Å². The van der Waals surface area contributed by atoms with E-state index in [4.69, 9.17) is 5.73 Å². The molecule has 0 bridgehead atoms. The number of primary amides is 1. The number of amides is 2. The zero-order valence-corrected chi connectivity index (χ0v) is 7.99. The van der Waals surface area contributed by atoms with Gasteiger partial charge < -0.3 is 5.73 Å². The smallest absolute Gasteiger partial charge is 0.249 e. The third-order valence-corrected chi connectivity index (χ3v) is 2.44. The molecule has 0 spiro atoms. The molecule has 5 heteroatoms. The van der Waals surface area contributed by atoms with Crippen LogP contribution in [0.3, 0.4) is 0 Å². The SMILES string of the molecule is NC(=O)c1ccccc1C1CNNC1=O. The van der Waals surface area contributed by atoms with Gasteiger partial charge in [0.05, 0.1) is 5.92 Å². The molecule has 2 amide bonds. The van der Waals surface area contributed by atoms with Gasteiger partial charge in [0.2, 0.25) is 11.8 Å². The Morgan fingerprint density at radius 2 is 2.13 bits per heavy atom. The number of carbonyl (C=O) groups is 2. The Morgan fingerprint density at radius 1 is 1.40 bits per heavy atom. The van der Waals surface area contributed by atoms with Gasteiger partial charge in [0.15, 0.2) is 0 Å². The molecule has 15 heavy (non-hydrogen) atoms. The molecule has 0 radical (unpaired) electrons. The highest BCUT2D eigenvalue weighted by Gasteiger charge is 2.28. The van der Waals surface area contributed by atoms with Crippen molar-refractivity contribution >= 4 is 11.8 Å². The highest BCUT2D eigenvalue weighted by atomic mass is 16.2. The fourth-order valence-corrected chi connectivity index (χ4v) is 1.70. The largest absolute Gasteiger partial charge is 0.366 e. The van der Waals surface area contributed by atoms with Gasteiger partial charge in [0.25, 0.3) is 0 Å². The molecule has 2 rings (SSSR count). The van der Waals surface area contributed by atoms with E-state index in [2.05, 4.69) is 10.9 Å². The first-order chi connectivity index (χ1) is 7.20. The average Bonchev–Trinajstić information content (AvgIpc) is 2.64. The number of nitrogens with two attached hydrogens (primary N) is 1. The van der Waals surface area contributed by atoms with E-state index in [1.807, 2.05) is 0 Å². The fraction of sp³-hybridized carbons (Fsp3) is 0.200. The molecule has 0 saturated carbocycles. The van der Waals surface area contributed by atoms with Gasteiger partial charge in [-0.1, -0.05) is 18.2 Å². The lowest BCUT2D eigenvalue weighted by Crippen LogP contribution is -2.26. The van der Waals surface area contributed by atoms with Crippen molar-refractivity contribution in [2.45, 2.75) is 5.92 Å². The molecule has 5 nitrogen and oxygen atoms in total. The molecule has 1 saturated heterocycles. The Bertz CT molecular complexity index is 417. The average molecular weight is 205 g/mol. The van der Waals surface area contributed by atoms with E-state index in [1.54, 1.807) is 24.3 Å². The van der Waals surface area contributed by atoms with Crippen LogP contribution in [0.5, 0.6) is 0 Å². The van der Waals surface area contributed by atoms with Gasteiger partial charge in [-0.3, -0.25) is 15.0 Å². The van der Waals surface area contributed by atoms with Crippen LogP contribution in [0.25, 0.3) is 0 Å². The second-order valence-corrected chi connectivity index (χ2v) is 3.37. The summed E-state index contributed by atoms with van der Waals surface area (Å²) in [7, 11) is 0. The van der Waals surface area contributed by atoms with Crippen LogP contribution in [0.2, 0.25) is 0 Å². The molecule has 1 aliphatic heterocycles. The van der Waals surface area contributed by atoms with Crippen molar-refractivity contribution < 1.29 is 9.59 Å². The van der Waals surface area contributed by atoms with Crippen LogP contribution >= 0.6 is 0 Å². The summed E-state index contributed by atoms with van der Waals surface area (Å²) in [4.78, 5) is 22.6. The van der Waals surface area contributed by atoms with E-state index >= 15 is 0 Å². The van der Waals surface area contributed by atoms with Gasteiger partial charge in [-0.2, -0.15) is 0 Å². The van der Waals surface area contributed by atoms with Gasteiger partial charge in [-0.05, 0) is 11.6 Å². The molecular weight excluding hydrogens is 194 g/mol. The molecule has 1 aromatic rings. The molecule has 1 atom stereocenters. The molecule has 1 aromatic carbocycles. The third-order valence-electron chi connectivity index (χ3n) is 2.44. The van der Waals surface area contributed by atoms with Gasteiger partial charge >= 0.3 is 0 Å². The molecule has 0 aliphatic carbocycles. The minimum absolute atomic E-state index is 0.135. The Labute approximate surface area is 86.6 Å². The Kier molecular flexibility index (Phi) is 2.39. The van der Waals surface area contributed by atoms with E-state index in [1.165, 1.54) is 0 Å². The Morgan fingerprint density at radius 3 is 2.73 bits per heavy atom. The molecule has 78 valence electrons. The number of carbonyl (C=O) groups excluding carboxylic acids is 2. The minimum Gasteiger partial charge on any atom is -0.366 e. The summed E-state index contributed by atoms with van der Waals surface area (Å²) >= 11 is 0. The molecule has 0 aromatic heterocycles. The predicted octanol–water partition coefficient (Wildman–Crippen LogP) is -0.497. The van der Waals surface area contributed by atoms with Crippen molar-refractivity contribution in [3.8, 4) is 0 Å². The van der Waals surface area contributed by atoms with Gasteiger partial charge in [-0.15, -0.1) is 0 Å². The van der Waals surface area contributed by atoms with Crippen LogP contribution in [0, 0.1) is 0 Å². The van der Waals surface area contributed by atoms with Gasteiger partial charge in [0, 0.05) is 12.1 Å². The van der Waals surface area contributed by atoms with Crippen LogP contribution in [-0.4, -0.2) is 18.4 Å². The lowest BCUT2D eigenvalue weighted by molar-refractivity contribution is -0.120. The molecule has 1 heterocycles. The van der Waals surface area contributed by atoms with E-state index in [9.17, 15) is 9.59 Å². The first-order valence-corrected chi connectivity index (χ1v) is 4.61. The van der Waals surface area contributed by atoms with Crippen molar-refractivity contribution in [2.75, 3.05) is 6.54 Å². The topological polar surface area (TPSA) is 84.2 Å². The van der Waals surface area contributed by atoms with Crippen molar-refractivity contribution in [3.05, 3.63) is 35.4 Å². The Balaban J connectivity index is 2.42. The highest BCUT2D eigenvalue weighted by Crippen LogP contribution is 2.21. The number of nitrogens with one attached hydrogen (secondary N) is 2. The zero-order chi connectivity index (χ0) is 10.8. The lowest BCUT2D eigenvalue weighted by Gasteiger charge is -2.09. The number of hydrogen-bond donors (Lipinski definition) is 3. The van der Waals surface area contributed by atoms with Crippen LogP contribution in [0.4, 0.5) is 0 Å². The highest BCUT2D eigenvalue weighted by molar-refractivity contribution is 5.97. The maximum absolute atomic E-state index is 11.4. The Hall–Kier alpha value is -1.88. The van der Waals surface area contributed by atoms with Gasteiger partial charge in [-0.25, -0.2) is 5.43 Å². The summed E-state index contributed by atoms with van der Waals surface area (Å²) < 4.78 is 0. The van der Waals surface area contributed by atoms with E-state index in [0.29, 0.717) is 17.7 Å². The maximum Gasteiger partial charge on any atom is 0.249 e. The maximum atomic E-state index is 11.4. The molecule has 1 fully saturated rings. The normalized spacial score (nSPS) is 20.0. The predicted molar refractivity (Wildman–Crippen MR) is 53.8 cm³/mol. The summed E-state index contributed by atoms with van der Waals surface area (Å²) in [5.41, 5.74) is 11.5. The van der Waals surface area contributed by atoms with Crippen LogP contribution < -0.4 is 16.6 Å².